The number of ether oxygens (including phenoxy) is 1. The first kappa shape index (κ1) is 13.7. The van der Waals surface area contributed by atoms with Gasteiger partial charge < -0.3 is 9.64 Å². The predicted octanol–water partition coefficient (Wildman–Crippen LogP) is 0.794. The molecule has 1 aromatic rings. The molecule has 1 aliphatic heterocycles. The van der Waals surface area contributed by atoms with E-state index in [9.17, 15) is 4.79 Å². The van der Waals surface area contributed by atoms with E-state index in [4.69, 9.17) is 0 Å². The second kappa shape index (κ2) is 5.97. The van der Waals surface area contributed by atoms with E-state index >= 15 is 0 Å². The molecule has 6 nitrogen and oxygen atoms in total. The average Bonchev–Trinajstić information content (AvgIpc) is 2.46. The number of aromatic nitrogens is 2. The van der Waals surface area contributed by atoms with E-state index in [-0.39, 0.29) is 0 Å². The molecule has 0 amide bonds. The van der Waals surface area contributed by atoms with Gasteiger partial charge in [-0.25, -0.2) is 14.8 Å². The van der Waals surface area contributed by atoms with Crippen LogP contribution in [0.25, 0.3) is 0 Å². The standard InChI is InChI=1S/C13H20N4O2/c1-10(2)16-6-8-17(9-7-16)13-14-5-4-11(15-13)12(18)19-3/h4-5,10H,6-9H2,1-3H3. The molecule has 0 radical (unpaired) electrons. The van der Waals surface area contributed by atoms with Crippen LogP contribution >= 0.6 is 0 Å². The summed E-state index contributed by atoms with van der Waals surface area (Å²) in [4.78, 5) is 24.5. The Bertz CT molecular complexity index is 442. The highest BCUT2D eigenvalue weighted by Crippen LogP contribution is 2.13. The molecule has 1 saturated heterocycles. The second-order valence-corrected chi connectivity index (χ2v) is 4.85. The van der Waals surface area contributed by atoms with Gasteiger partial charge in [-0.3, -0.25) is 4.90 Å². The first-order chi connectivity index (χ1) is 9.11. The highest BCUT2D eigenvalue weighted by atomic mass is 16.5. The van der Waals surface area contributed by atoms with Crippen LogP contribution in [0, 0.1) is 0 Å². The highest BCUT2D eigenvalue weighted by molar-refractivity contribution is 5.87. The van der Waals surface area contributed by atoms with Crippen molar-refractivity contribution in [1.29, 1.82) is 0 Å². The maximum Gasteiger partial charge on any atom is 0.356 e. The maximum atomic E-state index is 11.5. The largest absolute Gasteiger partial charge is 0.464 e. The quantitative estimate of drug-likeness (QED) is 0.752. The van der Waals surface area contributed by atoms with Crippen molar-refractivity contribution in [3.8, 4) is 0 Å². The minimum atomic E-state index is -0.426. The van der Waals surface area contributed by atoms with Gasteiger partial charge in [0.1, 0.15) is 0 Å². The Morgan fingerprint density at radius 2 is 2.00 bits per heavy atom. The van der Waals surface area contributed by atoms with Crippen LogP contribution in [0.2, 0.25) is 0 Å². The van der Waals surface area contributed by atoms with Gasteiger partial charge in [0.05, 0.1) is 7.11 Å². The number of carbonyl (C=O) groups is 1. The molecule has 0 bridgehead atoms. The normalized spacial score (nSPS) is 16.7. The molecular formula is C13H20N4O2. The molecule has 0 unspecified atom stereocenters. The van der Waals surface area contributed by atoms with Gasteiger partial charge in [0.25, 0.3) is 0 Å². The van der Waals surface area contributed by atoms with E-state index in [1.807, 2.05) is 0 Å². The van der Waals surface area contributed by atoms with Crippen molar-refractivity contribution in [2.45, 2.75) is 19.9 Å². The summed E-state index contributed by atoms with van der Waals surface area (Å²) in [5, 5.41) is 0. The topological polar surface area (TPSA) is 58.6 Å². The maximum absolute atomic E-state index is 11.5. The summed E-state index contributed by atoms with van der Waals surface area (Å²) in [5.74, 6) is 0.177. The van der Waals surface area contributed by atoms with Crippen molar-refractivity contribution in [2.75, 3.05) is 38.2 Å². The summed E-state index contributed by atoms with van der Waals surface area (Å²) in [5.41, 5.74) is 0.304. The molecule has 2 heterocycles. The van der Waals surface area contributed by atoms with Crippen molar-refractivity contribution < 1.29 is 9.53 Å². The molecular weight excluding hydrogens is 244 g/mol. The first-order valence-corrected chi connectivity index (χ1v) is 6.52. The Hall–Kier alpha value is -1.69. The van der Waals surface area contributed by atoms with Crippen molar-refractivity contribution in [3.63, 3.8) is 0 Å². The Morgan fingerprint density at radius 3 is 2.58 bits per heavy atom. The average molecular weight is 264 g/mol. The zero-order valence-corrected chi connectivity index (χ0v) is 11.7. The number of hydrogen-bond donors (Lipinski definition) is 0. The van der Waals surface area contributed by atoms with Crippen LogP contribution in [0.5, 0.6) is 0 Å². The predicted molar refractivity (Wildman–Crippen MR) is 72.3 cm³/mol. The summed E-state index contributed by atoms with van der Waals surface area (Å²) in [6.45, 7) is 8.13. The molecule has 1 aromatic heterocycles. The fraction of sp³-hybridized carbons (Fsp3) is 0.615. The zero-order valence-electron chi connectivity index (χ0n) is 11.7. The fourth-order valence-electron chi connectivity index (χ4n) is 2.16. The lowest BCUT2D eigenvalue weighted by Gasteiger charge is -2.36. The summed E-state index contributed by atoms with van der Waals surface area (Å²) < 4.78 is 4.67. The minimum Gasteiger partial charge on any atom is -0.464 e. The molecule has 0 aromatic carbocycles. The van der Waals surface area contributed by atoms with Gasteiger partial charge in [-0.15, -0.1) is 0 Å². The summed E-state index contributed by atoms with van der Waals surface area (Å²) >= 11 is 0. The van der Waals surface area contributed by atoms with Crippen molar-refractivity contribution in [3.05, 3.63) is 18.0 Å². The molecule has 0 aliphatic carbocycles. The van der Waals surface area contributed by atoms with E-state index in [0.717, 1.165) is 26.2 Å². The van der Waals surface area contributed by atoms with Crippen LogP contribution in [0.1, 0.15) is 24.3 Å². The lowest BCUT2D eigenvalue weighted by molar-refractivity contribution is 0.0594. The lowest BCUT2D eigenvalue weighted by atomic mass is 10.2. The van der Waals surface area contributed by atoms with Crippen LogP contribution in [0.3, 0.4) is 0 Å². The number of anilines is 1. The molecule has 19 heavy (non-hydrogen) atoms. The van der Waals surface area contributed by atoms with Gasteiger partial charge >= 0.3 is 5.97 Å². The van der Waals surface area contributed by atoms with E-state index in [1.165, 1.54) is 7.11 Å². The van der Waals surface area contributed by atoms with E-state index in [0.29, 0.717) is 17.7 Å². The van der Waals surface area contributed by atoms with Gasteiger partial charge in [-0.2, -0.15) is 0 Å². The Morgan fingerprint density at radius 1 is 1.32 bits per heavy atom. The lowest BCUT2D eigenvalue weighted by Crippen LogP contribution is -2.49. The van der Waals surface area contributed by atoms with Gasteiger partial charge in [-0.05, 0) is 19.9 Å². The molecule has 0 spiro atoms. The van der Waals surface area contributed by atoms with Crippen molar-refractivity contribution in [2.24, 2.45) is 0 Å². The number of carbonyl (C=O) groups excluding carboxylic acids is 1. The molecule has 6 heteroatoms. The van der Waals surface area contributed by atoms with Gasteiger partial charge in [0.15, 0.2) is 5.69 Å². The third kappa shape index (κ3) is 3.20. The number of nitrogens with zero attached hydrogens (tertiary/aromatic N) is 4. The number of hydrogen-bond acceptors (Lipinski definition) is 6. The monoisotopic (exact) mass is 264 g/mol. The van der Waals surface area contributed by atoms with Gasteiger partial charge in [0, 0.05) is 38.4 Å². The fourth-order valence-corrected chi connectivity index (χ4v) is 2.16. The summed E-state index contributed by atoms with van der Waals surface area (Å²) in [7, 11) is 1.35. The number of esters is 1. The van der Waals surface area contributed by atoms with Crippen LogP contribution in [0.15, 0.2) is 12.3 Å². The van der Waals surface area contributed by atoms with Crippen LogP contribution in [-0.4, -0.2) is 60.2 Å². The Balaban J connectivity index is 2.05. The molecule has 2 rings (SSSR count). The highest BCUT2D eigenvalue weighted by Gasteiger charge is 2.21. The van der Waals surface area contributed by atoms with Crippen LogP contribution < -0.4 is 4.90 Å². The molecule has 1 fully saturated rings. The minimum absolute atomic E-state index is 0.304. The number of methoxy groups -OCH3 is 1. The van der Waals surface area contributed by atoms with Gasteiger partial charge in [-0.1, -0.05) is 0 Å². The molecule has 104 valence electrons. The first-order valence-electron chi connectivity index (χ1n) is 6.52. The second-order valence-electron chi connectivity index (χ2n) is 4.85. The van der Waals surface area contributed by atoms with Gasteiger partial charge in [0.2, 0.25) is 5.95 Å². The third-order valence-electron chi connectivity index (χ3n) is 3.36. The van der Waals surface area contributed by atoms with Crippen molar-refractivity contribution >= 4 is 11.9 Å². The molecule has 0 saturated carbocycles. The van der Waals surface area contributed by atoms with E-state index in [2.05, 4.69) is 38.4 Å². The molecule has 0 atom stereocenters. The SMILES string of the molecule is COC(=O)c1ccnc(N2CCN(C(C)C)CC2)n1. The summed E-state index contributed by atoms with van der Waals surface area (Å²) in [6.07, 6.45) is 1.60. The summed E-state index contributed by atoms with van der Waals surface area (Å²) in [6, 6.07) is 2.13. The molecule has 0 N–H and O–H groups in total. The van der Waals surface area contributed by atoms with Crippen LogP contribution in [-0.2, 0) is 4.74 Å². The van der Waals surface area contributed by atoms with Crippen molar-refractivity contribution in [1.82, 2.24) is 14.9 Å². The number of rotatable bonds is 3. The van der Waals surface area contributed by atoms with E-state index < -0.39 is 5.97 Å². The Kier molecular flexibility index (Phi) is 4.31. The zero-order chi connectivity index (χ0) is 13.8. The molecule has 1 aliphatic rings. The Labute approximate surface area is 113 Å². The third-order valence-corrected chi connectivity index (χ3v) is 3.36. The van der Waals surface area contributed by atoms with E-state index in [1.54, 1.807) is 12.3 Å². The number of piperazine rings is 1. The van der Waals surface area contributed by atoms with Crippen LogP contribution in [0.4, 0.5) is 5.95 Å². The smallest absolute Gasteiger partial charge is 0.356 e.